The average molecular weight is 327 g/mol. The second-order valence-electron chi connectivity index (χ2n) is 8.63. The van der Waals surface area contributed by atoms with Gasteiger partial charge in [-0.25, -0.2) is 0 Å². The molecular formula is C19H38NOP. The second kappa shape index (κ2) is 9.00. The van der Waals surface area contributed by atoms with Gasteiger partial charge in [0, 0.05) is 13.1 Å². The van der Waals surface area contributed by atoms with Gasteiger partial charge in [-0.1, -0.05) is 43.0 Å². The van der Waals surface area contributed by atoms with Crippen LogP contribution in [0.5, 0.6) is 0 Å². The summed E-state index contributed by atoms with van der Waals surface area (Å²) in [6.07, 6.45) is 14.2. The highest BCUT2D eigenvalue weighted by atomic mass is 31.0. The summed E-state index contributed by atoms with van der Waals surface area (Å²) in [7, 11) is 2.86. The molecule has 0 N–H and O–H groups in total. The molecule has 0 aromatic carbocycles. The van der Waals surface area contributed by atoms with Gasteiger partial charge in [0.25, 0.3) is 0 Å². The van der Waals surface area contributed by atoms with E-state index < -0.39 is 0 Å². The van der Waals surface area contributed by atoms with Gasteiger partial charge < -0.3 is 4.74 Å². The third kappa shape index (κ3) is 6.46. The van der Waals surface area contributed by atoms with E-state index in [1.165, 1.54) is 77.3 Å². The molecule has 0 radical (unpaired) electrons. The molecule has 2 fully saturated rings. The zero-order valence-electron chi connectivity index (χ0n) is 15.2. The van der Waals surface area contributed by atoms with Gasteiger partial charge in [0.15, 0.2) is 0 Å². The van der Waals surface area contributed by atoms with Crippen molar-refractivity contribution in [1.82, 2.24) is 4.67 Å². The molecule has 1 unspecified atom stereocenters. The molecule has 3 heteroatoms. The van der Waals surface area contributed by atoms with Crippen molar-refractivity contribution in [1.29, 1.82) is 0 Å². The number of hydrogen-bond donors (Lipinski definition) is 0. The maximum absolute atomic E-state index is 6.53. The monoisotopic (exact) mass is 327 g/mol. The molecule has 1 heterocycles. The molecule has 0 aromatic rings. The van der Waals surface area contributed by atoms with Gasteiger partial charge in [-0.05, 0) is 62.7 Å². The van der Waals surface area contributed by atoms with E-state index in [1.54, 1.807) is 0 Å². The van der Waals surface area contributed by atoms with Gasteiger partial charge in [-0.2, -0.15) is 0 Å². The zero-order valence-corrected chi connectivity index (χ0v) is 16.3. The first-order valence-electron chi connectivity index (χ1n) is 9.60. The number of rotatable bonds is 2. The number of ether oxygens (including phenoxy) is 1. The molecule has 0 bridgehead atoms. The topological polar surface area (TPSA) is 12.5 Å². The highest BCUT2D eigenvalue weighted by molar-refractivity contribution is 7.13. The largest absolute Gasteiger partial charge is 0.375 e. The minimum atomic E-state index is 0.483. The van der Waals surface area contributed by atoms with Crippen molar-refractivity contribution in [2.24, 2.45) is 11.3 Å². The van der Waals surface area contributed by atoms with Crippen LogP contribution in [-0.2, 0) is 4.74 Å². The van der Waals surface area contributed by atoms with E-state index in [0.717, 1.165) is 5.92 Å². The maximum Gasteiger partial charge on any atom is 0.0579 e. The summed E-state index contributed by atoms with van der Waals surface area (Å²) in [6.45, 7) is 9.66. The van der Waals surface area contributed by atoms with E-state index in [-0.39, 0.29) is 0 Å². The quantitative estimate of drug-likeness (QED) is 0.628. The molecular weight excluding hydrogens is 289 g/mol. The molecule has 0 amide bonds. The molecule has 130 valence electrons. The summed E-state index contributed by atoms with van der Waals surface area (Å²) in [5.41, 5.74) is 0.483. The van der Waals surface area contributed by atoms with Crippen molar-refractivity contribution < 1.29 is 4.74 Å². The van der Waals surface area contributed by atoms with Crippen LogP contribution in [-0.4, -0.2) is 30.0 Å². The Morgan fingerprint density at radius 3 is 1.68 bits per heavy atom. The summed E-state index contributed by atoms with van der Waals surface area (Å²) < 4.78 is 8.92. The fraction of sp³-hybridized carbons (Fsp3) is 1.00. The zero-order chi connectivity index (χ0) is 16.0. The molecule has 1 atom stereocenters. The lowest BCUT2D eigenvalue weighted by Crippen LogP contribution is -2.29. The SMILES string of the molecule is CC(C)(C)C1CCCC(OC2CCCN(P)CCC2)CCC1. The Bertz CT molecular complexity index is 295. The third-order valence-corrected chi connectivity index (χ3v) is 6.23. The predicted molar refractivity (Wildman–Crippen MR) is 99.1 cm³/mol. The summed E-state index contributed by atoms with van der Waals surface area (Å²) >= 11 is 0. The van der Waals surface area contributed by atoms with E-state index in [0.29, 0.717) is 17.6 Å². The van der Waals surface area contributed by atoms with Crippen molar-refractivity contribution in [3.8, 4) is 0 Å². The van der Waals surface area contributed by atoms with Crippen LogP contribution in [0.3, 0.4) is 0 Å². The van der Waals surface area contributed by atoms with Crippen LogP contribution in [0.15, 0.2) is 0 Å². The minimum absolute atomic E-state index is 0.483. The first-order chi connectivity index (χ1) is 10.4. The molecule has 0 aromatic heterocycles. The lowest BCUT2D eigenvalue weighted by atomic mass is 9.74. The van der Waals surface area contributed by atoms with Crippen molar-refractivity contribution in [3.63, 3.8) is 0 Å². The molecule has 2 nitrogen and oxygen atoms in total. The van der Waals surface area contributed by atoms with Crippen LogP contribution in [0.4, 0.5) is 0 Å². The van der Waals surface area contributed by atoms with Gasteiger partial charge in [-0.3, -0.25) is 4.67 Å². The van der Waals surface area contributed by atoms with Gasteiger partial charge >= 0.3 is 0 Å². The average Bonchev–Trinajstić information content (AvgIpc) is 2.37. The van der Waals surface area contributed by atoms with Crippen LogP contribution >= 0.6 is 9.39 Å². The summed E-state index contributed by atoms with van der Waals surface area (Å²) in [6, 6.07) is 0. The Balaban J connectivity index is 1.74. The molecule has 1 aliphatic heterocycles. The van der Waals surface area contributed by atoms with Crippen molar-refractivity contribution in [3.05, 3.63) is 0 Å². The summed E-state index contributed by atoms with van der Waals surface area (Å²) in [4.78, 5) is 0. The first-order valence-corrected chi connectivity index (χ1v) is 10.1. The van der Waals surface area contributed by atoms with E-state index in [9.17, 15) is 0 Å². The summed E-state index contributed by atoms with van der Waals surface area (Å²) in [5.74, 6) is 0.905. The standard InChI is InChI=1S/C19H38NOP/c1-19(2,3)16-8-4-10-17(11-5-9-16)21-18-12-6-14-20(22)15-7-13-18/h16-18H,4-15,22H2,1-3H3. The Labute approximate surface area is 141 Å². The van der Waals surface area contributed by atoms with E-state index >= 15 is 0 Å². The van der Waals surface area contributed by atoms with E-state index in [1.807, 2.05) is 0 Å². The van der Waals surface area contributed by atoms with Crippen molar-refractivity contribution in [2.75, 3.05) is 13.1 Å². The normalized spacial score (nSPS) is 31.1. The molecule has 22 heavy (non-hydrogen) atoms. The first kappa shape index (κ1) is 18.7. The fourth-order valence-electron chi connectivity index (χ4n) is 4.18. The lowest BCUT2D eigenvalue weighted by Gasteiger charge is -2.35. The molecule has 1 saturated heterocycles. The summed E-state index contributed by atoms with van der Waals surface area (Å²) in [5, 5.41) is 0. The number of nitrogens with zero attached hydrogens (tertiary/aromatic N) is 1. The van der Waals surface area contributed by atoms with Gasteiger partial charge in [0.05, 0.1) is 12.2 Å². The van der Waals surface area contributed by atoms with Gasteiger partial charge in [0.1, 0.15) is 0 Å². The van der Waals surface area contributed by atoms with Crippen LogP contribution in [0.2, 0.25) is 0 Å². The maximum atomic E-state index is 6.53. The van der Waals surface area contributed by atoms with Crippen LogP contribution in [0.25, 0.3) is 0 Å². The van der Waals surface area contributed by atoms with Crippen LogP contribution < -0.4 is 0 Å². The van der Waals surface area contributed by atoms with E-state index in [2.05, 4.69) is 34.8 Å². The van der Waals surface area contributed by atoms with E-state index in [4.69, 9.17) is 4.74 Å². The highest BCUT2D eigenvalue weighted by Gasteiger charge is 2.27. The lowest BCUT2D eigenvalue weighted by molar-refractivity contribution is -0.0397. The minimum Gasteiger partial charge on any atom is -0.375 e. The Hall–Kier alpha value is 0.350. The highest BCUT2D eigenvalue weighted by Crippen LogP contribution is 2.37. The van der Waals surface area contributed by atoms with Crippen LogP contribution in [0.1, 0.15) is 85.0 Å². The second-order valence-corrected chi connectivity index (χ2v) is 9.36. The number of hydrogen-bond acceptors (Lipinski definition) is 2. The molecule has 0 spiro atoms. The molecule has 1 aliphatic carbocycles. The van der Waals surface area contributed by atoms with Gasteiger partial charge in [-0.15, -0.1) is 0 Å². The van der Waals surface area contributed by atoms with Crippen LogP contribution in [0, 0.1) is 11.3 Å². The van der Waals surface area contributed by atoms with Crippen molar-refractivity contribution in [2.45, 2.75) is 97.2 Å². The van der Waals surface area contributed by atoms with Gasteiger partial charge in [0.2, 0.25) is 0 Å². The molecule has 1 saturated carbocycles. The third-order valence-electron chi connectivity index (χ3n) is 5.71. The predicted octanol–water partition coefficient (Wildman–Crippen LogP) is 5.42. The fourth-order valence-corrected chi connectivity index (χ4v) is 4.55. The molecule has 2 aliphatic rings. The Kier molecular flexibility index (Phi) is 7.64. The Morgan fingerprint density at radius 2 is 1.23 bits per heavy atom. The van der Waals surface area contributed by atoms with Crippen molar-refractivity contribution >= 4 is 9.39 Å². The molecule has 2 rings (SSSR count). The smallest absolute Gasteiger partial charge is 0.0579 e. The Morgan fingerprint density at radius 1 is 0.773 bits per heavy atom.